The van der Waals surface area contributed by atoms with Crippen molar-refractivity contribution in [2.24, 2.45) is 5.10 Å². The van der Waals surface area contributed by atoms with Gasteiger partial charge in [0.1, 0.15) is 0 Å². The van der Waals surface area contributed by atoms with Gasteiger partial charge in [-0.2, -0.15) is 16.9 Å². The first-order valence-corrected chi connectivity index (χ1v) is 10.4. The van der Waals surface area contributed by atoms with E-state index in [0.29, 0.717) is 5.56 Å². The van der Waals surface area contributed by atoms with Gasteiger partial charge in [0.2, 0.25) is 0 Å². The Labute approximate surface area is 170 Å². The molecule has 3 rings (SSSR count). The summed E-state index contributed by atoms with van der Waals surface area (Å²) < 4.78 is 0. The highest BCUT2D eigenvalue weighted by Gasteiger charge is 2.05. The third-order valence-corrected chi connectivity index (χ3v) is 5.47. The maximum Gasteiger partial charge on any atom is 0.271 e. The molecule has 0 spiro atoms. The maximum absolute atomic E-state index is 12.3. The van der Waals surface area contributed by atoms with Crippen molar-refractivity contribution in [1.82, 2.24) is 5.43 Å². The Morgan fingerprint density at radius 1 is 0.821 bits per heavy atom. The molecule has 3 aromatic carbocycles. The quantitative estimate of drug-likeness (QED) is 0.424. The molecule has 4 heteroatoms. The molecule has 3 nitrogen and oxygen atoms in total. The molecule has 0 saturated carbocycles. The minimum absolute atomic E-state index is 0.199. The summed E-state index contributed by atoms with van der Waals surface area (Å²) in [6.07, 6.45) is 0. The summed E-state index contributed by atoms with van der Waals surface area (Å²) in [6.45, 7) is 3.93. The topological polar surface area (TPSA) is 41.5 Å². The van der Waals surface area contributed by atoms with Crippen LogP contribution in [-0.2, 0) is 11.5 Å². The van der Waals surface area contributed by atoms with Crippen LogP contribution in [0.2, 0.25) is 0 Å². The van der Waals surface area contributed by atoms with Crippen molar-refractivity contribution in [2.75, 3.05) is 0 Å². The van der Waals surface area contributed by atoms with Gasteiger partial charge in [0.05, 0.1) is 5.71 Å². The van der Waals surface area contributed by atoms with Gasteiger partial charge >= 0.3 is 0 Å². The fourth-order valence-corrected chi connectivity index (χ4v) is 3.63. The third kappa shape index (κ3) is 5.83. The summed E-state index contributed by atoms with van der Waals surface area (Å²) in [4.78, 5) is 12.3. The highest BCUT2D eigenvalue weighted by atomic mass is 32.2. The molecule has 28 heavy (non-hydrogen) atoms. The van der Waals surface area contributed by atoms with Crippen LogP contribution in [0.1, 0.15) is 39.5 Å². The van der Waals surface area contributed by atoms with Crippen molar-refractivity contribution in [3.8, 4) is 0 Å². The number of benzene rings is 3. The van der Waals surface area contributed by atoms with Gasteiger partial charge in [-0.25, -0.2) is 5.43 Å². The molecule has 0 aliphatic rings. The van der Waals surface area contributed by atoms with E-state index in [-0.39, 0.29) is 5.91 Å². The number of thioether (sulfide) groups is 1. The standard InChI is InChI=1S/C24H24N2OS/c1-18-8-12-22(13-9-18)19(2)25-26-24(27)23-14-10-21(11-15-23)17-28-16-20-6-4-3-5-7-20/h3-15H,16-17H2,1-2H3,(H,26,27)/b25-19-. The van der Waals surface area contributed by atoms with E-state index >= 15 is 0 Å². The lowest BCUT2D eigenvalue weighted by Crippen LogP contribution is -2.19. The van der Waals surface area contributed by atoms with E-state index in [4.69, 9.17) is 0 Å². The second kappa shape index (κ2) is 9.90. The Balaban J connectivity index is 1.51. The van der Waals surface area contributed by atoms with Gasteiger partial charge in [0.25, 0.3) is 5.91 Å². The zero-order valence-corrected chi connectivity index (χ0v) is 17.0. The fraction of sp³-hybridized carbons (Fsp3) is 0.167. The predicted octanol–water partition coefficient (Wildman–Crippen LogP) is 5.58. The number of nitrogens with zero attached hydrogens (tertiary/aromatic N) is 1. The fourth-order valence-electron chi connectivity index (χ4n) is 2.67. The summed E-state index contributed by atoms with van der Waals surface area (Å²) in [7, 11) is 0. The molecule has 0 fully saturated rings. The van der Waals surface area contributed by atoms with Crippen LogP contribution in [0.25, 0.3) is 0 Å². The van der Waals surface area contributed by atoms with E-state index < -0.39 is 0 Å². The van der Waals surface area contributed by atoms with E-state index in [2.05, 4.69) is 34.8 Å². The SMILES string of the molecule is C/C(=N/NC(=O)c1ccc(CSCc2ccccc2)cc1)c1ccc(C)cc1. The Kier molecular flexibility index (Phi) is 7.04. The molecule has 3 aromatic rings. The number of hydrazone groups is 1. The molecule has 0 aliphatic carbocycles. The minimum atomic E-state index is -0.199. The summed E-state index contributed by atoms with van der Waals surface area (Å²) in [5, 5.41) is 4.22. The van der Waals surface area contributed by atoms with Gasteiger partial charge in [0.15, 0.2) is 0 Å². The zero-order valence-electron chi connectivity index (χ0n) is 16.2. The summed E-state index contributed by atoms with van der Waals surface area (Å²) >= 11 is 1.86. The number of amides is 1. The molecule has 1 N–H and O–H groups in total. The Hall–Kier alpha value is -2.85. The van der Waals surface area contributed by atoms with Crippen LogP contribution < -0.4 is 5.43 Å². The highest BCUT2D eigenvalue weighted by molar-refractivity contribution is 7.97. The summed E-state index contributed by atoms with van der Waals surface area (Å²) in [6, 6.07) is 26.2. The number of rotatable bonds is 7. The second-order valence-corrected chi connectivity index (χ2v) is 7.67. The van der Waals surface area contributed by atoms with Gasteiger partial charge < -0.3 is 0 Å². The van der Waals surface area contributed by atoms with Crippen molar-refractivity contribution in [3.05, 3.63) is 107 Å². The van der Waals surface area contributed by atoms with Gasteiger partial charge in [-0.3, -0.25) is 4.79 Å². The van der Waals surface area contributed by atoms with Gasteiger partial charge in [-0.05, 0) is 42.7 Å². The van der Waals surface area contributed by atoms with E-state index in [0.717, 1.165) is 22.8 Å². The van der Waals surface area contributed by atoms with Crippen LogP contribution in [0, 0.1) is 6.92 Å². The van der Waals surface area contributed by atoms with Crippen molar-refractivity contribution in [2.45, 2.75) is 25.4 Å². The number of aryl methyl sites for hydroxylation is 1. The molecule has 142 valence electrons. The number of carbonyl (C=O) groups is 1. The van der Waals surface area contributed by atoms with Crippen molar-refractivity contribution in [1.29, 1.82) is 0 Å². The first-order chi connectivity index (χ1) is 13.6. The highest BCUT2D eigenvalue weighted by Crippen LogP contribution is 2.18. The number of hydrogen-bond donors (Lipinski definition) is 1. The first-order valence-electron chi connectivity index (χ1n) is 9.24. The Morgan fingerprint density at radius 3 is 2.04 bits per heavy atom. The molecule has 0 heterocycles. The molecular formula is C24H24N2OS. The summed E-state index contributed by atoms with van der Waals surface area (Å²) in [5.74, 6) is 1.70. The lowest BCUT2D eigenvalue weighted by molar-refractivity contribution is 0.0955. The van der Waals surface area contributed by atoms with Gasteiger partial charge in [0, 0.05) is 17.1 Å². The van der Waals surface area contributed by atoms with Crippen molar-refractivity contribution < 1.29 is 4.79 Å². The Morgan fingerprint density at radius 2 is 1.39 bits per heavy atom. The second-order valence-electron chi connectivity index (χ2n) is 6.68. The average molecular weight is 389 g/mol. The van der Waals surface area contributed by atoms with Crippen LogP contribution in [0.5, 0.6) is 0 Å². The Bertz CT molecular complexity index is 933. The molecule has 0 atom stereocenters. The predicted molar refractivity (Wildman–Crippen MR) is 119 cm³/mol. The smallest absolute Gasteiger partial charge is 0.267 e. The van der Waals surface area contributed by atoms with Crippen molar-refractivity contribution in [3.63, 3.8) is 0 Å². The van der Waals surface area contributed by atoms with Gasteiger partial charge in [-0.1, -0.05) is 72.3 Å². The molecule has 0 unspecified atom stereocenters. The van der Waals surface area contributed by atoms with Crippen LogP contribution in [-0.4, -0.2) is 11.6 Å². The lowest BCUT2D eigenvalue weighted by Gasteiger charge is -2.05. The van der Waals surface area contributed by atoms with Gasteiger partial charge in [-0.15, -0.1) is 0 Å². The number of hydrogen-bond acceptors (Lipinski definition) is 3. The molecule has 0 aliphatic heterocycles. The lowest BCUT2D eigenvalue weighted by atomic mass is 10.1. The van der Waals surface area contributed by atoms with Crippen molar-refractivity contribution >= 4 is 23.4 Å². The van der Waals surface area contributed by atoms with Crippen LogP contribution in [0.3, 0.4) is 0 Å². The monoisotopic (exact) mass is 388 g/mol. The largest absolute Gasteiger partial charge is 0.271 e. The first kappa shape index (κ1) is 19.9. The molecule has 1 amide bonds. The molecule has 0 bridgehead atoms. The van der Waals surface area contributed by atoms with E-state index in [1.807, 2.05) is 80.2 Å². The van der Waals surface area contributed by atoms with Crippen LogP contribution >= 0.6 is 11.8 Å². The van der Waals surface area contributed by atoms with Crippen LogP contribution in [0.15, 0.2) is 84.0 Å². The average Bonchev–Trinajstić information content (AvgIpc) is 2.73. The van der Waals surface area contributed by atoms with E-state index in [1.165, 1.54) is 16.7 Å². The van der Waals surface area contributed by atoms with E-state index in [1.54, 1.807) is 0 Å². The van der Waals surface area contributed by atoms with E-state index in [9.17, 15) is 4.79 Å². The maximum atomic E-state index is 12.3. The number of nitrogens with one attached hydrogen (secondary N) is 1. The molecule has 0 radical (unpaired) electrons. The molecule has 0 saturated heterocycles. The molecule has 0 aromatic heterocycles. The third-order valence-electron chi connectivity index (χ3n) is 4.39. The zero-order chi connectivity index (χ0) is 19.8. The minimum Gasteiger partial charge on any atom is -0.267 e. The molecular weight excluding hydrogens is 364 g/mol. The number of carbonyl (C=O) groups excluding carboxylic acids is 1. The summed E-state index contributed by atoms with van der Waals surface area (Å²) in [5.41, 5.74) is 8.75. The van der Waals surface area contributed by atoms with Crippen LogP contribution in [0.4, 0.5) is 0 Å². The normalized spacial score (nSPS) is 11.3.